The molecule has 0 unspecified atom stereocenters. The minimum Gasteiger partial charge on any atom is -0.496 e. The molecule has 0 atom stereocenters. The van der Waals surface area contributed by atoms with Crippen molar-refractivity contribution in [3.63, 3.8) is 0 Å². The smallest absolute Gasteiger partial charge is 0.166 e. The Hall–Kier alpha value is -1.26. The van der Waals surface area contributed by atoms with Crippen LogP contribution >= 0.6 is 11.6 Å². The van der Waals surface area contributed by atoms with Gasteiger partial charge in [0.05, 0.1) is 23.4 Å². The van der Waals surface area contributed by atoms with Gasteiger partial charge >= 0.3 is 0 Å². The van der Waals surface area contributed by atoms with Crippen molar-refractivity contribution in [2.24, 2.45) is 0 Å². The molecule has 1 aromatic carbocycles. The molecule has 1 heterocycles. The van der Waals surface area contributed by atoms with Gasteiger partial charge in [-0.25, -0.2) is 0 Å². The summed E-state index contributed by atoms with van der Waals surface area (Å²) in [5.41, 5.74) is 6.71. The molecule has 4 nitrogen and oxygen atoms in total. The highest BCUT2D eigenvalue weighted by molar-refractivity contribution is 6.33. The van der Waals surface area contributed by atoms with Gasteiger partial charge < -0.3 is 15.4 Å². The molecule has 0 radical (unpaired) electrons. The number of carbonyl (C=O) groups excluding carboxylic acids is 1. The average molecular weight is 339 g/mol. The number of benzene rings is 1. The van der Waals surface area contributed by atoms with Crippen molar-refractivity contribution in [1.29, 1.82) is 0 Å². The lowest BCUT2D eigenvalue weighted by molar-refractivity contribution is 0.0975. The Morgan fingerprint density at radius 2 is 1.91 bits per heavy atom. The number of nitrogens with two attached hydrogens (primary N) is 1. The molecule has 0 bridgehead atoms. The molecule has 23 heavy (non-hydrogen) atoms. The summed E-state index contributed by atoms with van der Waals surface area (Å²) in [5, 5.41) is 0.402. The van der Waals surface area contributed by atoms with Gasteiger partial charge in [0.25, 0.3) is 0 Å². The Morgan fingerprint density at radius 1 is 1.22 bits per heavy atom. The van der Waals surface area contributed by atoms with E-state index in [1.54, 1.807) is 19.2 Å². The van der Waals surface area contributed by atoms with Gasteiger partial charge in [-0.3, -0.25) is 4.79 Å². The second-order valence-electron chi connectivity index (χ2n) is 6.21. The van der Waals surface area contributed by atoms with Crippen LogP contribution in [0.5, 0.6) is 5.75 Å². The lowest BCUT2D eigenvalue weighted by atomic mass is 10.0. The van der Waals surface area contributed by atoms with E-state index in [2.05, 4.69) is 4.90 Å². The summed E-state index contributed by atoms with van der Waals surface area (Å²) in [6.45, 7) is 3.50. The zero-order valence-electron chi connectivity index (χ0n) is 13.9. The first kappa shape index (κ1) is 18.1. The molecule has 1 aromatic rings. The van der Waals surface area contributed by atoms with Gasteiger partial charge in [0, 0.05) is 12.5 Å². The van der Waals surface area contributed by atoms with E-state index >= 15 is 0 Å². The van der Waals surface area contributed by atoms with Crippen molar-refractivity contribution < 1.29 is 9.53 Å². The molecule has 2 rings (SSSR count). The largest absolute Gasteiger partial charge is 0.496 e. The quantitative estimate of drug-likeness (QED) is 0.461. The zero-order chi connectivity index (χ0) is 16.7. The van der Waals surface area contributed by atoms with Gasteiger partial charge in [0.1, 0.15) is 5.75 Å². The second kappa shape index (κ2) is 9.14. The number of carbonyl (C=O) groups is 1. The first-order chi connectivity index (χ1) is 11.1. The Bertz CT molecular complexity index is 526. The van der Waals surface area contributed by atoms with Gasteiger partial charge in [0.2, 0.25) is 0 Å². The number of rotatable bonds is 7. The number of anilines is 1. The van der Waals surface area contributed by atoms with Crippen LogP contribution in [0.25, 0.3) is 0 Å². The maximum absolute atomic E-state index is 12.4. The van der Waals surface area contributed by atoms with Crippen LogP contribution in [-0.2, 0) is 0 Å². The van der Waals surface area contributed by atoms with Crippen molar-refractivity contribution in [3.8, 4) is 5.75 Å². The number of ether oxygens (including phenoxy) is 1. The molecular weight excluding hydrogens is 312 g/mol. The monoisotopic (exact) mass is 338 g/mol. The molecule has 0 aliphatic carbocycles. The van der Waals surface area contributed by atoms with Crippen molar-refractivity contribution in [3.05, 3.63) is 22.7 Å². The molecule has 0 spiro atoms. The van der Waals surface area contributed by atoms with Gasteiger partial charge in [-0.15, -0.1) is 0 Å². The predicted octanol–water partition coefficient (Wildman–Crippen LogP) is 4.16. The van der Waals surface area contributed by atoms with Crippen LogP contribution in [0.3, 0.4) is 0 Å². The van der Waals surface area contributed by atoms with Crippen molar-refractivity contribution >= 4 is 23.1 Å². The number of likely N-dealkylation sites (tertiary alicyclic amines) is 1. The number of Topliss-reactive ketones (excluding diaryl/α,β-unsaturated/α-hetero) is 1. The molecule has 0 aromatic heterocycles. The number of hydrogen-bond donors (Lipinski definition) is 1. The third-order valence-corrected chi connectivity index (χ3v) is 4.77. The molecule has 1 aliphatic rings. The van der Waals surface area contributed by atoms with E-state index in [0.717, 1.165) is 19.4 Å². The predicted molar refractivity (Wildman–Crippen MR) is 95.5 cm³/mol. The highest BCUT2D eigenvalue weighted by Crippen LogP contribution is 2.30. The molecule has 0 amide bonds. The minimum absolute atomic E-state index is 0.0691. The van der Waals surface area contributed by atoms with Crippen molar-refractivity contribution in [1.82, 2.24) is 4.90 Å². The Kier molecular flexibility index (Phi) is 7.18. The van der Waals surface area contributed by atoms with Crippen LogP contribution in [0, 0.1) is 0 Å². The molecule has 1 fully saturated rings. The summed E-state index contributed by atoms with van der Waals surface area (Å²) in [6.07, 6.45) is 7.78. The van der Waals surface area contributed by atoms with Gasteiger partial charge in [-0.1, -0.05) is 24.4 Å². The molecule has 1 saturated heterocycles. The van der Waals surface area contributed by atoms with E-state index in [1.165, 1.54) is 38.8 Å². The fourth-order valence-corrected chi connectivity index (χ4v) is 3.23. The molecule has 2 N–H and O–H groups in total. The number of nitrogens with zero attached hydrogens (tertiary/aromatic N) is 1. The summed E-state index contributed by atoms with van der Waals surface area (Å²) in [7, 11) is 1.54. The number of hydrogen-bond acceptors (Lipinski definition) is 4. The molecule has 5 heteroatoms. The van der Waals surface area contributed by atoms with Crippen LogP contribution in [-0.4, -0.2) is 37.4 Å². The molecule has 1 aliphatic heterocycles. The van der Waals surface area contributed by atoms with Crippen molar-refractivity contribution in [2.75, 3.05) is 32.5 Å². The zero-order valence-corrected chi connectivity index (χ0v) is 14.7. The molecule has 128 valence electrons. The SMILES string of the molecule is COc1cc(N)c(Cl)cc1C(=O)CCCCN1CCCCCC1. The lowest BCUT2D eigenvalue weighted by Gasteiger charge is -2.19. The summed E-state index contributed by atoms with van der Waals surface area (Å²) >= 11 is 6.03. The Morgan fingerprint density at radius 3 is 2.57 bits per heavy atom. The lowest BCUT2D eigenvalue weighted by Crippen LogP contribution is -2.25. The first-order valence-corrected chi connectivity index (χ1v) is 8.88. The summed E-state index contributed by atoms with van der Waals surface area (Å²) in [6, 6.07) is 3.24. The number of nitrogen functional groups attached to an aromatic ring is 1. The maximum atomic E-state index is 12.4. The summed E-state index contributed by atoms with van der Waals surface area (Å²) in [4.78, 5) is 14.9. The average Bonchev–Trinajstić information content (AvgIpc) is 2.82. The topological polar surface area (TPSA) is 55.6 Å². The van der Waals surface area contributed by atoms with Crippen LogP contribution < -0.4 is 10.5 Å². The number of halogens is 1. The third-order valence-electron chi connectivity index (χ3n) is 4.45. The highest BCUT2D eigenvalue weighted by Gasteiger charge is 2.15. The van der Waals surface area contributed by atoms with E-state index in [1.807, 2.05) is 0 Å². The fraction of sp³-hybridized carbons (Fsp3) is 0.611. The van der Waals surface area contributed by atoms with Crippen molar-refractivity contribution in [2.45, 2.75) is 44.9 Å². The second-order valence-corrected chi connectivity index (χ2v) is 6.62. The minimum atomic E-state index is 0.0691. The van der Waals surface area contributed by atoms with E-state index in [-0.39, 0.29) is 5.78 Å². The normalized spacial score (nSPS) is 16.1. The summed E-state index contributed by atoms with van der Waals surface area (Å²) in [5.74, 6) is 0.573. The Labute approximate surface area is 143 Å². The van der Waals surface area contributed by atoms with Crippen LogP contribution in [0.1, 0.15) is 55.3 Å². The van der Waals surface area contributed by atoms with E-state index in [0.29, 0.717) is 28.4 Å². The van der Waals surface area contributed by atoms with E-state index in [9.17, 15) is 4.79 Å². The number of unbranched alkanes of at least 4 members (excludes halogenated alkanes) is 1. The first-order valence-electron chi connectivity index (χ1n) is 8.50. The van der Waals surface area contributed by atoms with Crippen LogP contribution in [0.15, 0.2) is 12.1 Å². The highest BCUT2D eigenvalue weighted by atomic mass is 35.5. The van der Waals surface area contributed by atoms with Gasteiger partial charge in [-0.05, 0) is 51.4 Å². The van der Waals surface area contributed by atoms with Crippen LogP contribution in [0.4, 0.5) is 5.69 Å². The van der Waals surface area contributed by atoms with E-state index < -0.39 is 0 Å². The van der Waals surface area contributed by atoms with Gasteiger partial charge in [-0.2, -0.15) is 0 Å². The Balaban J connectivity index is 1.81. The molecular formula is C18H27ClN2O2. The van der Waals surface area contributed by atoms with Gasteiger partial charge in [0.15, 0.2) is 5.78 Å². The number of ketones is 1. The summed E-state index contributed by atoms with van der Waals surface area (Å²) < 4.78 is 5.25. The third kappa shape index (κ3) is 5.40. The van der Waals surface area contributed by atoms with E-state index in [4.69, 9.17) is 22.1 Å². The van der Waals surface area contributed by atoms with Crippen LogP contribution in [0.2, 0.25) is 5.02 Å². The standard InChI is InChI=1S/C18H27ClN2O2/c1-23-18-13-16(20)15(19)12-14(18)17(22)8-4-7-11-21-9-5-2-3-6-10-21/h12-13H,2-11,20H2,1H3. The maximum Gasteiger partial charge on any atom is 0.166 e. The fourth-order valence-electron chi connectivity index (χ4n) is 3.07. The number of methoxy groups -OCH3 is 1. The molecule has 0 saturated carbocycles.